The lowest BCUT2D eigenvalue weighted by atomic mass is 10.1. The van der Waals surface area contributed by atoms with E-state index >= 15 is 0 Å². The summed E-state index contributed by atoms with van der Waals surface area (Å²) in [5.41, 5.74) is 0.707. The molecule has 0 spiro atoms. The van der Waals surface area contributed by atoms with Crippen molar-refractivity contribution in [3.63, 3.8) is 0 Å². The summed E-state index contributed by atoms with van der Waals surface area (Å²) in [6.07, 6.45) is 0. The molecule has 0 fully saturated rings. The zero-order valence-electron chi connectivity index (χ0n) is 12.4. The van der Waals surface area contributed by atoms with Crippen molar-refractivity contribution in [2.45, 2.75) is 40.3 Å². The average Bonchev–Trinajstić information content (AvgIpc) is 2.26. The predicted octanol–water partition coefficient (Wildman–Crippen LogP) is 3.56. The number of rotatable bonds is 6. The van der Waals surface area contributed by atoms with Crippen molar-refractivity contribution >= 4 is 5.69 Å². The number of benzene rings is 1. The third kappa shape index (κ3) is 4.16. The Balaban J connectivity index is 3.16. The number of anilines is 1. The second-order valence-corrected chi connectivity index (χ2v) is 5.58. The minimum Gasteiger partial charge on any atom is -0.364 e. The molecule has 4 heteroatoms. The number of halogens is 2. The molecule has 0 aliphatic rings. The predicted molar refractivity (Wildman–Crippen MR) is 76.4 cm³/mol. The summed E-state index contributed by atoms with van der Waals surface area (Å²) in [6.45, 7) is 9.07. The molecule has 19 heavy (non-hydrogen) atoms. The summed E-state index contributed by atoms with van der Waals surface area (Å²) in [5, 5.41) is 2.90. The van der Waals surface area contributed by atoms with Crippen molar-refractivity contribution in [3.05, 3.63) is 29.3 Å². The molecule has 0 radical (unpaired) electrons. The van der Waals surface area contributed by atoms with Crippen molar-refractivity contribution in [2.24, 2.45) is 5.92 Å². The molecule has 0 saturated carbocycles. The summed E-state index contributed by atoms with van der Waals surface area (Å²) in [6, 6.07) is 2.87. The van der Waals surface area contributed by atoms with E-state index in [0.717, 1.165) is 0 Å². The van der Waals surface area contributed by atoms with Crippen LogP contribution in [0.25, 0.3) is 0 Å². The lowest BCUT2D eigenvalue weighted by Gasteiger charge is -2.31. The first-order chi connectivity index (χ1) is 8.86. The summed E-state index contributed by atoms with van der Waals surface area (Å²) < 4.78 is 28.4. The Morgan fingerprint density at radius 2 is 1.63 bits per heavy atom. The maximum atomic E-state index is 14.2. The van der Waals surface area contributed by atoms with Crippen LogP contribution in [0, 0.1) is 17.6 Å². The highest BCUT2D eigenvalue weighted by atomic mass is 19.1. The fourth-order valence-corrected chi connectivity index (χ4v) is 2.15. The highest BCUT2D eigenvalue weighted by Gasteiger charge is 2.21. The van der Waals surface area contributed by atoms with E-state index in [1.165, 1.54) is 12.1 Å². The van der Waals surface area contributed by atoms with Gasteiger partial charge in [-0.3, -0.25) is 0 Å². The highest BCUT2D eigenvalue weighted by Crippen LogP contribution is 2.27. The lowest BCUT2D eigenvalue weighted by molar-refractivity contribution is 0.521. The Bertz CT molecular complexity index is 394. The van der Waals surface area contributed by atoms with Crippen molar-refractivity contribution in [2.75, 3.05) is 18.5 Å². The highest BCUT2D eigenvalue weighted by molar-refractivity contribution is 5.51. The first-order valence-electron chi connectivity index (χ1n) is 6.76. The van der Waals surface area contributed by atoms with Crippen LogP contribution in [0.1, 0.15) is 33.3 Å². The molecular formula is C15H24F2N2. The molecule has 0 heterocycles. The molecule has 2 nitrogen and oxygen atoms in total. The quantitative estimate of drug-likeness (QED) is 0.850. The first-order valence-corrected chi connectivity index (χ1v) is 6.76. The molecule has 1 rings (SSSR count). The Labute approximate surface area is 114 Å². The molecule has 0 amide bonds. The van der Waals surface area contributed by atoms with Gasteiger partial charge in [0.1, 0.15) is 17.3 Å². The zero-order chi connectivity index (χ0) is 14.6. The third-order valence-electron chi connectivity index (χ3n) is 2.93. The van der Waals surface area contributed by atoms with Crippen molar-refractivity contribution in [3.8, 4) is 0 Å². The van der Waals surface area contributed by atoms with Gasteiger partial charge in [0.2, 0.25) is 0 Å². The van der Waals surface area contributed by atoms with Crippen LogP contribution < -0.4 is 10.2 Å². The summed E-state index contributed by atoms with van der Waals surface area (Å²) >= 11 is 0. The summed E-state index contributed by atoms with van der Waals surface area (Å²) in [5.74, 6) is -0.627. The van der Waals surface area contributed by atoms with Gasteiger partial charge in [0.25, 0.3) is 0 Å². The van der Waals surface area contributed by atoms with E-state index in [-0.39, 0.29) is 11.7 Å². The SMILES string of the molecule is CNCc1cc(F)c(N(CC(C)C)C(C)C)c(F)c1. The number of nitrogens with one attached hydrogen (secondary N) is 1. The van der Waals surface area contributed by atoms with Gasteiger partial charge in [-0.15, -0.1) is 0 Å². The van der Waals surface area contributed by atoms with Crippen LogP contribution in [0.2, 0.25) is 0 Å². The molecule has 0 unspecified atom stereocenters. The van der Waals surface area contributed by atoms with E-state index in [0.29, 0.717) is 24.6 Å². The molecule has 1 N–H and O–H groups in total. The van der Waals surface area contributed by atoms with Gasteiger partial charge in [0, 0.05) is 19.1 Å². The number of nitrogens with zero attached hydrogens (tertiary/aromatic N) is 1. The van der Waals surface area contributed by atoms with Gasteiger partial charge in [-0.05, 0) is 44.5 Å². The van der Waals surface area contributed by atoms with Crippen LogP contribution >= 0.6 is 0 Å². The molecule has 0 atom stereocenters. The Kier molecular flexibility index (Phi) is 5.73. The van der Waals surface area contributed by atoms with Crippen LogP contribution in [-0.2, 0) is 6.54 Å². The standard InChI is InChI=1S/C15H24F2N2/c1-10(2)9-19(11(3)4)15-13(16)6-12(8-18-5)7-14(15)17/h6-7,10-11,18H,8-9H2,1-5H3. The molecule has 1 aromatic rings. The average molecular weight is 270 g/mol. The van der Waals surface area contributed by atoms with Gasteiger partial charge in [0.15, 0.2) is 0 Å². The molecule has 1 aromatic carbocycles. The van der Waals surface area contributed by atoms with Gasteiger partial charge >= 0.3 is 0 Å². The van der Waals surface area contributed by atoms with E-state index in [4.69, 9.17) is 0 Å². The van der Waals surface area contributed by atoms with E-state index in [9.17, 15) is 8.78 Å². The van der Waals surface area contributed by atoms with Crippen molar-refractivity contribution in [1.29, 1.82) is 0 Å². The zero-order valence-corrected chi connectivity index (χ0v) is 12.4. The Morgan fingerprint density at radius 3 is 2.00 bits per heavy atom. The first kappa shape index (κ1) is 15.9. The topological polar surface area (TPSA) is 15.3 Å². The van der Waals surface area contributed by atoms with E-state index in [1.807, 2.05) is 27.7 Å². The van der Waals surface area contributed by atoms with Crippen LogP contribution in [-0.4, -0.2) is 19.6 Å². The minimum absolute atomic E-state index is 0.0570. The molecule has 0 bridgehead atoms. The molecule has 108 valence electrons. The third-order valence-corrected chi connectivity index (χ3v) is 2.93. The number of hydrogen-bond acceptors (Lipinski definition) is 2. The smallest absolute Gasteiger partial charge is 0.149 e. The maximum Gasteiger partial charge on any atom is 0.149 e. The largest absolute Gasteiger partial charge is 0.364 e. The van der Waals surface area contributed by atoms with Crippen LogP contribution in [0.5, 0.6) is 0 Å². The maximum absolute atomic E-state index is 14.2. The monoisotopic (exact) mass is 270 g/mol. The minimum atomic E-state index is -0.486. The molecule has 0 aliphatic heterocycles. The fourth-order valence-electron chi connectivity index (χ4n) is 2.15. The van der Waals surface area contributed by atoms with Crippen LogP contribution in [0.4, 0.5) is 14.5 Å². The van der Waals surface area contributed by atoms with Gasteiger partial charge in [-0.2, -0.15) is 0 Å². The van der Waals surface area contributed by atoms with Crippen LogP contribution in [0.3, 0.4) is 0 Å². The van der Waals surface area contributed by atoms with Crippen molar-refractivity contribution in [1.82, 2.24) is 5.32 Å². The van der Waals surface area contributed by atoms with E-state index in [2.05, 4.69) is 5.32 Å². The second kappa shape index (κ2) is 6.85. The molecule has 0 saturated heterocycles. The van der Waals surface area contributed by atoms with Gasteiger partial charge < -0.3 is 10.2 Å². The van der Waals surface area contributed by atoms with E-state index in [1.54, 1.807) is 11.9 Å². The fraction of sp³-hybridized carbons (Fsp3) is 0.600. The van der Waals surface area contributed by atoms with Gasteiger partial charge in [0.05, 0.1) is 0 Å². The summed E-state index contributed by atoms with van der Waals surface area (Å²) in [7, 11) is 1.75. The normalized spacial score (nSPS) is 11.4. The Morgan fingerprint density at radius 1 is 1.11 bits per heavy atom. The molecule has 0 aromatic heterocycles. The van der Waals surface area contributed by atoms with E-state index < -0.39 is 11.6 Å². The van der Waals surface area contributed by atoms with Crippen molar-refractivity contribution < 1.29 is 8.78 Å². The Hall–Kier alpha value is -1.16. The van der Waals surface area contributed by atoms with Gasteiger partial charge in [-0.25, -0.2) is 8.78 Å². The second-order valence-electron chi connectivity index (χ2n) is 5.58. The summed E-state index contributed by atoms with van der Waals surface area (Å²) in [4.78, 5) is 1.79. The molecular weight excluding hydrogens is 246 g/mol. The number of hydrogen-bond donors (Lipinski definition) is 1. The molecule has 0 aliphatic carbocycles. The van der Waals surface area contributed by atoms with Crippen LogP contribution in [0.15, 0.2) is 12.1 Å². The van der Waals surface area contributed by atoms with Gasteiger partial charge in [-0.1, -0.05) is 13.8 Å². The lowest BCUT2D eigenvalue weighted by Crippen LogP contribution is -2.35.